The maximum Gasteiger partial charge on any atom is 0.0176 e. The Morgan fingerprint density at radius 1 is 1.33 bits per heavy atom. The van der Waals surface area contributed by atoms with Crippen molar-refractivity contribution < 1.29 is 0 Å². The van der Waals surface area contributed by atoms with Gasteiger partial charge in [0.1, 0.15) is 0 Å². The SMILES string of the molecule is CCCC(CS)CSc1ccc(Br)cc1. The molecular weight excluding hydrogens is 288 g/mol. The van der Waals surface area contributed by atoms with Crippen LogP contribution < -0.4 is 0 Å². The molecule has 1 unspecified atom stereocenters. The number of rotatable bonds is 6. The average molecular weight is 305 g/mol. The molecule has 0 saturated heterocycles. The summed E-state index contributed by atoms with van der Waals surface area (Å²) in [6.07, 6.45) is 2.54. The lowest BCUT2D eigenvalue weighted by Crippen LogP contribution is -2.04. The molecule has 0 radical (unpaired) electrons. The zero-order chi connectivity index (χ0) is 11.1. The summed E-state index contributed by atoms with van der Waals surface area (Å²) < 4.78 is 1.14. The van der Waals surface area contributed by atoms with Gasteiger partial charge in [0.25, 0.3) is 0 Å². The Labute approximate surface area is 111 Å². The van der Waals surface area contributed by atoms with Crippen molar-refractivity contribution in [2.24, 2.45) is 5.92 Å². The van der Waals surface area contributed by atoms with Crippen LogP contribution in [0.1, 0.15) is 19.8 Å². The van der Waals surface area contributed by atoms with E-state index >= 15 is 0 Å². The fraction of sp³-hybridized carbons (Fsp3) is 0.500. The molecule has 1 aromatic rings. The average Bonchev–Trinajstić information content (AvgIpc) is 2.26. The van der Waals surface area contributed by atoms with Crippen molar-refractivity contribution in [1.82, 2.24) is 0 Å². The summed E-state index contributed by atoms with van der Waals surface area (Å²) in [6, 6.07) is 8.52. The highest BCUT2D eigenvalue weighted by Gasteiger charge is 2.06. The Morgan fingerprint density at radius 2 is 2.00 bits per heavy atom. The molecule has 0 aliphatic heterocycles. The van der Waals surface area contributed by atoms with Gasteiger partial charge in [-0.3, -0.25) is 0 Å². The predicted octanol–water partition coefficient (Wildman–Crippen LogP) is 4.89. The van der Waals surface area contributed by atoms with E-state index in [2.05, 4.69) is 59.7 Å². The summed E-state index contributed by atoms with van der Waals surface area (Å²) in [5.41, 5.74) is 0. The topological polar surface area (TPSA) is 0 Å². The zero-order valence-electron chi connectivity index (χ0n) is 8.95. The molecule has 0 spiro atoms. The van der Waals surface area contributed by atoms with Crippen LogP contribution in [0.4, 0.5) is 0 Å². The van der Waals surface area contributed by atoms with E-state index in [-0.39, 0.29) is 0 Å². The maximum absolute atomic E-state index is 4.39. The van der Waals surface area contributed by atoms with Gasteiger partial charge in [0, 0.05) is 15.1 Å². The first-order valence-corrected chi connectivity index (χ1v) is 7.66. The monoisotopic (exact) mass is 304 g/mol. The van der Waals surface area contributed by atoms with E-state index in [4.69, 9.17) is 0 Å². The third-order valence-corrected chi connectivity index (χ3v) is 4.54. The van der Waals surface area contributed by atoms with Crippen LogP contribution in [0.5, 0.6) is 0 Å². The predicted molar refractivity (Wildman–Crippen MR) is 77.1 cm³/mol. The van der Waals surface area contributed by atoms with Gasteiger partial charge in [0.05, 0.1) is 0 Å². The third kappa shape index (κ3) is 5.32. The molecule has 15 heavy (non-hydrogen) atoms. The first-order chi connectivity index (χ1) is 7.26. The first-order valence-electron chi connectivity index (χ1n) is 5.25. The number of halogens is 1. The van der Waals surface area contributed by atoms with Crippen molar-refractivity contribution in [2.75, 3.05) is 11.5 Å². The first kappa shape index (κ1) is 13.5. The minimum atomic E-state index is 0.743. The van der Waals surface area contributed by atoms with Gasteiger partial charge >= 0.3 is 0 Å². The summed E-state index contributed by atoms with van der Waals surface area (Å²) in [5.74, 6) is 2.92. The van der Waals surface area contributed by atoms with Crippen LogP contribution >= 0.6 is 40.3 Å². The number of thiol groups is 1. The minimum Gasteiger partial charge on any atom is -0.179 e. The van der Waals surface area contributed by atoms with Crippen molar-refractivity contribution in [3.8, 4) is 0 Å². The van der Waals surface area contributed by atoms with Gasteiger partial charge < -0.3 is 0 Å². The van der Waals surface area contributed by atoms with E-state index < -0.39 is 0 Å². The van der Waals surface area contributed by atoms with Gasteiger partial charge in [-0.2, -0.15) is 12.6 Å². The van der Waals surface area contributed by atoms with Gasteiger partial charge in [-0.1, -0.05) is 29.3 Å². The van der Waals surface area contributed by atoms with Crippen molar-refractivity contribution in [3.63, 3.8) is 0 Å². The molecular formula is C12H17BrS2. The second kappa shape index (κ2) is 7.64. The molecule has 0 bridgehead atoms. The van der Waals surface area contributed by atoms with Crippen LogP contribution in [-0.2, 0) is 0 Å². The Kier molecular flexibility index (Phi) is 6.86. The second-order valence-electron chi connectivity index (χ2n) is 3.60. The molecule has 1 rings (SSSR count). The molecule has 84 valence electrons. The van der Waals surface area contributed by atoms with Gasteiger partial charge in [0.2, 0.25) is 0 Å². The van der Waals surface area contributed by atoms with Gasteiger partial charge in [0.15, 0.2) is 0 Å². The largest absolute Gasteiger partial charge is 0.179 e. The van der Waals surface area contributed by atoms with E-state index in [0.717, 1.165) is 16.1 Å². The highest BCUT2D eigenvalue weighted by atomic mass is 79.9. The van der Waals surface area contributed by atoms with E-state index in [0.29, 0.717) is 0 Å². The molecule has 0 heterocycles. The van der Waals surface area contributed by atoms with Crippen LogP contribution in [-0.4, -0.2) is 11.5 Å². The molecule has 0 aliphatic carbocycles. The van der Waals surface area contributed by atoms with Crippen LogP contribution in [0, 0.1) is 5.92 Å². The number of hydrogen-bond donors (Lipinski definition) is 1. The summed E-state index contributed by atoms with van der Waals surface area (Å²) in [7, 11) is 0. The van der Waals surface area contributed by atoms with Crippen LogP contribution in [0.3, 0.4) is 0 Å². The Balaban J connectivity index is 2.38. The smallest absolute Gasteiger partial charge is 0.0176 e. The molecule has 0 aliphatic rings. The molecule has 0 fully saturated rings. The number of benzene rings is 1. The Morgan fingerprint density at radius 3 is 2.53 bits per heavy atom. The molecule has 0 aromatic heterocycles. The molecule has 1 atom stereocenters. The number of thioether (sulfide) groups is 1. The van der Waals surface area contributed by atoms with Crippen molar-refractivity contribution in [3.05, 3.63) is 28.7 Å². The van der Waals surface area contributed by atoms with Crippen molar-refractivity contribution in [1.29, 1.82) is 0 Å². The molecule has 0 saturated carbocycles. The van der Waals surface area contributed by atoms with Crippen molar-refractivity contribution >= 4 is 40.3 Å². The second-order valence-corrected chi connectivity index (χ2v) is 5.98. The third-order valence-electron chi connectivity index (χ3n) is 2.25. The van der Waals surface area contributed by atoms with E-state index in [1.807, 2.05) is 11.8 Å². The lowest BCUT2D eigenvalue weighted by atomic mass is 10.1. The minimum absolute atomic E-state index is 0.743. The summed E-state index contributed by atoms with van der Waals surface area (Å²) in [4.78, 5) is 1.35. The van der Waals surface area contributed by atoms with Crippen LogP contribution in [0.25, 0.3) is 0 Å². The van der Waals surface area contributed by atoms with E-state index in [9.17, 15) is 0 Å². The quantitative estimate of drug-likeness (QED) is 0.577. The fourth-order valence-corrected chi connectivity index (χ4v) is 3.17. The summed E-state index contributed by atoms with van der Waals surface area (Å²) in [5, 5.41) is 0. The standard InChI is InChI=1S/C12H17BrS2/c1-2-3-10(8-14)9-15-12-6-4-11(13)5-7-12/h4-7,10,14H,2-3,8-9H2,1H3. The number of hydrogen-bond acceptors (Lipinski definition) is 2. The summed E-state index contributed by atoms with van der Waals surface area (Å²) in [6.45, 7) is 2.24. The van der Waals surface area contributed by atoms with E-state index in [1.165, 1.54) is 23.5 Å². The molecule has 0 amide bonds. The van der Waals surface area contributed by atoms with Gasteiger partial charge in [-0.05, 0) is 42.4 Å². The van der Waals surface area contributed by atoms with Crippen LogP contribution in [0.15, 0.2) is 33.6 Å². The zero-order valence-corrected chi connectivity index (χ0v) is 12.2. The van der Waals surface area contributed by atoms with Gasteiger partial charge in [-0.15, -0.1) is 11.8 Å². The van der Waals surface area contributed by atoms with Gasteiger partial charge in [-0.25, -0.2) is 0 Å². The maximum atomic E-state index is 4.39. The summed E-state index contributed by atoms with van der Waals surface area (Å²) >= 11 is 9.77. The molecule has 1 aromatic carbocycles. The molecule has 0 nitrogen and oxygen atoms in total. The lowest BCUT2D eigenvalue weighted by molar-refractivity contribution is 0.595. The highest BCUT2D eigenvalue weighted by Crippen LogP contribution is 2.24. The van der Waals surface area contributed by atoms with Crippen LogP contribution in [0.2, 0.25) is 0 Å². The normalized spacial score (nSPS) is 12.7. The lowest BCUT2D eigenvalue weighted by Gasteiger charge is -2.12. The van der Waals surface area contributed by atoms with Crippen molar-refractivity contribution in [2.45, 2.75) is 24.7 Å². The molecule has 3 heteroatoms. The van der Waals surface area contributed by atoms with E-state index in [1.54, 1.807) is 0 Å². The Bertz CT molecular complexity index is 271. The Hall–Kier alpha value is 0.400. The highest BCUT2D eigenvalue weighted by molar-refractivity contribution is 9.10. The molecule has 0 N–H and O–H groups in total. The fourth-order valence-electron chi connectivity index (χ4n) is 1.38.